The van der Waals surface area contributed by atoms with Gasteiger partial charge in [-0.2, -0.15) is 0 Å². The van der Waals surface area contributed by atoms with Gasteiger partial charge in [0.15, 0.2) is 12.4 Å². The number of Topliss-reactive ketones (excluding diaryl/α,β-unsaturated/α-hetero) is 1. The highest BCUT2D eigenvalue weighted by Gasteiger charge is 2.27. The van der Waals surface area contributed by atoms with E-state index in [9.17, 15) is 9.59 Å². The lowest BCUT2D eigenvalue weighted by atomic mass is 9.86. The van der Waals surface area contributed by atoms with E-state index in [4.69, 9.17) is 27.9 Å². The Labute approximate surface area is 115 Å². The number of esters is 1. The van der Waals surface area contributed by atoms with Gasteiger partial charge in [0.1, 0.15) is 0 Å². The van der Waals surface area contributed by atoms with E-state index in [1.165, 1.54) is 6.07 Å². The van der Waals surface area contributed by atoms with Crippen LogP contribution in [0.4, 0.5) is 0 Å². The maximum Gasteiger partial charge on any atom is 0.309 e. The molecule has 0 radical (unpaired) electrons. The van der Waals surface area contributed by atoms with Crippen molar-refractivity contribution < 1.29 is 14.3 Å². The predicted octanol–water partition coefficient (Wildman–Crippen LogP) is 3.52. The summed E-state index contributed by atoms with van der Waals surface area (Å²) in [5, 5.41) is 0.701. The van der Waals surface area contributed by atoms with Crippen LogP contribution in [0.2, 0.25) is 10.0 Å². The summed E-state index contributed by atoms with van der Waals surface area (Å²) in [6.07, 6.45) is 2.78. The molecule has 3 nitrogen and oxygen atoms in total. The summed E-state index contributed by atoms with van der Waals surface area (Å²) in [5.41, 5.74) is 0.394. The smallest absolute Gasteiger partial charge is 0.309 e. The van der Waals surface area contributed by atoms with E-state index in [1.54, 1.807) is 12.1 Å². The number of ketones is 1. The number of hydrogen-bond acceptors (Lipinski definition) is 3. The summed E-state index contributed by atoms with van der Waals surface area (Å²) in [6, 6.07) is 4.59. The molecule has 0 amide bonds. The van der Waals surface area contributed by atoms with Crippen LogP contribution in [0.5, 0.6) is 0 Å². The molecule has 1 saturated carbocycles. The average molecular weight is 287 g/mol. The SMILES string of the molecule is O=C(COC(=O)C1CCC1)c1ccc(Cl)c(Cl)c1. The van der Waals surface area contributed by atoms with Crippen LogP contribution < -0.4 is 0 Å². The molecule has 0 heterocycles. The molecule has 5 heteroatoms. The first-order chi connectivity index (χ1) is 8.58. The number of ether oxygens (including phenoxy) is 1. The Morgan fingerprint density at radius 2 is 1.94 bits per heavy atom. The second-order valence-corrected chi connectivity index (χ2v) is 5.10. The fourth-order valence-electron chi connectivity index (χ4n) is 1.65. The first-order valence-electron chi connectivity index (χ1n) is 5.73. The van der Waals surface area contributed by atoms with E-state index in [1.807, 2.05) is 0 Å². The van der Waals surface area contributed by atoms with E-state index in [-0.39, 0.29) is 24.3 Å². The topological polar surface area (TPSA) is 43.4 Å². The summed E-state index contributed by atoms with van der Waals surface area (Å²) in [5.74, 6) is -0.581. The molecular weight excluding hydrogens is 275 g/mol. The minimum Gasteiger partial charge on any atom is -0.457 e. The van der Waals surface area contributed by atoms with Gasteiger partial charge in [-0.15, -0.1) is 0 Å². The van der Waals surface area contributed by atoms with E-state index in [0.717, 1.165) is 19.3 Å². The minimum atomic E-state index is -0.283. The van der Waals surface area contributed by atoms with Gasteiger partial charge in [-0.05, 0) is 31.0 Å². The van der Waals surface area contributed by atoms with Crippen LogP contribution in [-0.4, -0.2) is 18.4 Å². The molecule has 0 aliphatic heterocycles. The van der Waals surface area contributed by atoms with Gasteiger partial charge in [0.2, 0.25) is 0 Å². The Bertz CT molecular complexity index is 481. The zero-order chi connectivity index (χ0) is 13.1. The predicted molar refractivity (Wildman–Crippen MR) is 69.1 cm³/mol. The molecule has 0 spiro atoms. The fraction of sp³-hybridized carbons (Fsp3) is 0.385. The molecule has 1 aliphatic carbocycles. The molecule has 1 fully saturated rings. The number of carbonyl (C=O) groups is 2. The second-order valence-electron chi connectivity index (χ2n) is 4.29. The zero-order valence-electron chi connectivity index (χ0n) is 9.62. The van der Waals surface area contributed by atoms with Gasteiger partial charge in [-0.1, -0.05) is 29.6 Å². The van der Waals surface area contributed by atoms with Crippen molar-refractivity contribution >= 4 is 35.0 Å². The van der Waals surface area contributed by atoms with Crippen LogP contribution in [0.3, 0.4) is 0 Å². The highest BCUT2D eigenvalue weighted by molar-refractivity contribution is 6.42. The monoisotopic (exact) mass is 286 g/mol. The van der Waals surface area contributed by atoms with Crippen molar-refractivity contribution in [2.75, 3.05) is 6.61 Å². The van der Waals surface area contributed by atoms with Crippen LogP contribution in [0, 0.1) is 5.92 Å². The Morgan fingerprint density at radius 3 is 2.50 bits per heavy atom. The molecule has 0 N–H and O–H groups in total. The molecule has 0 atom stereocenters. The van der Waals surface area contributed by atoms with Crippen molar-refractivity contribution in [1.29, 1.82) is 0 Å². The molecule has 0 bridgehead atoms. The van der Waals surface area contributed by atoms with Gasteiger partial charge < -0.3 is 4.74 Å². The molecule has 0 aromatic heterocycles. The van der Waals surface area contributed by atoms with Crippen molar-refractivity contribution in [3.05, 3.63) is 33.8 Å². The molecule has 96 valence electrons. The third-order valence-electron chi connectivity index (χ3n) is 3.03. The number of hydrogen-bond donors (Lipinski definition) is 0. The highest BCUT2D eigenvalue weighted by Crippen LogP contribution is 2.27. The van der Waals surface area contributed by atoms with E-state index >= 15 is 0 Å². The standard InChI is InChI=1S/C13H12Cl2O3/c14-10-5-4-9(6-11(10)15)12(16)7-18-13(17)8-2-1-3-8/h4-6,8H,1-3,7H2. The maximum atomic E-state index is 11.8. The van der Waals surface area contributed by atoms with Gasteiger partial charge >= 0.3 is 5.97 Å². The highest BCUT2D eigenvalue weighted by atomic mass is 35.5. The molecule has 0 unspecified atom stereocenters. The number of benzene rings is 1. The van der Waals surface area contributed by atoms with Crippen molar-refractivity contribution in [2.45, 2.75) is 19.3 Å². The number of carbonyl (C=O) groups excluding carboxylic acids is 2. The third kappa shape index (κ3) is 3.03. The lowest BCUT2D eigenvalue weighted by Gasteiger charge is -2.22. The summed E-state index contributed by atoms with van der Waals surface area (Å²) in [6.45, 7) is -0.243. The van der Waals surface area contributed by atoms with Gasteiger partial charge in [-0.3, -0.25) is 9.59 Å². The van der Waals surface area contributed by atoms with Crippen molar-refractivity contribution in [1.82, 2.24) is 0 Å². The van der Waals surface area contributed by atoms with Gasteiger partial charge in [0, 0.05) is 5.56 Å². The Hall–Kier alpha value is -1.06. The number of halogens is 2. The summed E-state index contributed by atoms with van der Waals surface area (Å²) >= 11 is 11.6. The van der Waals surface area contributed by atoms with Gasteiger partial charge in [-0.25, -0.2) is 0 Å². The number of rotatable bonds is 4. The lowest BCUT2D eigenvalue weighted by molar-refractivity contribution is -0.150. The second kappa shape index (κ2) is 5.72. The molecule has 1 aliphatic rings. The lowest BCUT2D eigenvalue weighted by Crippen LogP contribution is -2.26. The largest absolute Gasteiger partial charge is 0.457 e. The van der Waals surface area contributed by atoms with Crippen molar-refractivity contribution in [3.63, 3.8) is 0 Å². The summed E-state index contributed by atoms with van der Waals surface area (Å²) in [4.78, 5) is 23.2. The van der Waals surface area contributed by atoms with Crippen LogP contribution >= 0.6 is 23.2 Å². The Kier molecular flexibility index (Phi) is 4.25. The van der Waals surface area contributed by atoms with Crippen LogP contribution in [0.1, 0.15) is 29.6 Å². The first kappa shape index (κ1) is 13.4. The molecule has 2 rings (SSSR count). The Balaban J connectivity index is 1.90. The van der Waals surface area contributed by atoms with Gasteiger partial charge in [0.25, 0.3) is 0 Å². The normalized spacial score (nSPS) is 15.0. The van der Waals surface area contributed by atoms with E-state index in [0.29, 0.717) is 15.6 Å². The van der Waals surface area contributed by atoms with Crippen LogP contribution in [0.25, 0.3) is 0 Å². The zero-order valence-corrected chi connectivity index (χ0v) is 11.1. The molecule has 18 heavy (non-hydrogen) atoms. The quantitative estimate of drug-likeness (QED) is 0.628. The molecule has 0 saturated heterocycles. The van der Waals surface area contributed by atoms with E-state index < -0.39 is 0 Å². The molecular formula is C13H12Cl2O3. The fourth-order valence-corrected chi connectivity index (χ4v) is 1.95. The molecule has 1 aromatic carbocycles. The summed E-state index contributed by atoms with van der Waals surface area (Å²) < 4.78 is 4.97. The van der Waals surface area contributed by atoms with Crippen LogP contribution in [-0.2, 0) is 9.53 Å². The summed E-state index contributed by atoms with van der Waals surface area (Å²) in [7, 11) is 0. The van der Waals surface area contributed by atoms with Crippen molar-refractivity contribution in [3.8, 4) is 0 Å². The first-order valence-corrected chi connectivity index (χ1v) is 6.48. The van der Waals surface area contributed by atoms with Crippen molar-refractivity contribution in [2.24, 2.45) is 5.92 Å². The van der Waals surface area contributed by atoms with Gasteiger partial charge in [0.05, 0.1) is 16.0 Å². The molecule has 1 aromatic rings. The Morgan fingerprint density at radius 1 is 1.22 bits per heavy atom. The van der Waals surface area contributed by atoms with E-state index in [2.05, 4.69) is 0 Å². The average Bonchev–Trinajstić information content (AvgIpc) is 2.27. The minimum absolute atomic E-state index is 0.0217. The van der Waals surface area contributed by atoms with Crippen LogP contribution in [0.15, 0.2) is 18.2 Å². The maximum absolute atomic E-state index is 11.8. The third-order valence-corrected chi connectivity index (χ3v) is 3.76.